The first-order valence-corrected chi connectivity index (χ1v) is 8.22. The van der Waals surface area contributed by atoms with Crippen molar-refractivity contribution >= 4 is 28.8 Å². The van der Waals surface area contributed by atoms with E-state index in [9.17, 15) is 9.18 Å². The van der Waals surface area contributed by atoms with Crippen LogP contribution in [0.25, 0.3) is 0 Å². The van der Waals surface area contributed by atoms with Crippen LogP contribution in [0.4, 0.5) is 20.6 Å². The number of rotatable bonds is 4. The molecule has 0 aliphatic carbocycles. The molecule has 1 amide bonds. The summed E-state index contributed by atoms with van der Waals surface area (Å²) in [7, 11) is 0. The number of halogens is 1. The Kier molecular flexibility index (Phi) is 5.26. The summed E-state index contributed by atoms with van der Waals surface area (Å²) < 4.78 is 19.2. The molecule has 0 aliphatic heterocycles. The molecule has 0 aliphatic rings. The molecule has 4 nitrogen and oxygen atoms in total. The van der Waals surface area contributed by atoms with Crippen molar-refractivity contribution in [2.75, 3.05) is 10.6 Å². The third-order valence-electron chi connectivity index (χ3n) is 2.95. The average Bonchev–Trinajstić information content (AvgIpc) is 2.94. The summed E-state index contributed by atoms with van der Waals surface area (Å²) in [6, 6.07) is 8.29. The summed E-state index contributed by atoms with van der Waals surface area (Å²) in [5.74, 6) is -0.372. The summed E-state index contributed by atoms with van der Waals surface area (Å²) in [6.45, 7) is 7.31. The lowest BCUT2D eigenvalue weighted by atomic mass is 10.2. The molecule has 0 saturated heterocycles. The number of hydrogen-bond donors (Lipinski definition) is 2. The smallest absolute Gasteiger partial charge is 0.412 e. The fraction of sp³-hybridized carbons (Fsp3) is 0.353. The van der Waals surface area contributed by atoms with Crippen LogP contribution in [0.3, 0.4) is 0 Å². The van der Waals surface area contributed by atoms with Gasteiger partial charge in [-0.05, 0) is 57.3 Å². The number of hydrogen-bond acceptors (Lipinski definition) is 4. The molecule has 23 heavy (non-hydrogen) atoms. The molecule has 0 fully saturated rings. The lowest BCUT2D eigenvalue weighted by Crippen LogP contribution is -2.27. The zero-order chi connectivity index (χ0) is 17.0. The number of nitrogens with one attached hydrogen (secondary N) is 2. The number of carbonyl (C=O) groups is 1. The summed E-state index contributed by atoms with van der Waals surface area (Å²) >= 11 is 1.60. The minimum absolute atomic E-state index is 0.0266. The van der Waals surface area contributed by atoms with Crippen LogP contribution in [-0.2, 0) is 4.74 Å². The molecule has 6 heteroatoms. The van der Waals surface area contributed by atoms with Crippen LogP contribution in [-0.4, -0.2) is 11.7 Å². The van der Waals surface area contributed by atoms with Gasteiger partial charge in [0.2, 0.25) is 0 Å². The minimum Gasteiger partial charge on any atom is -0.444 e. The molecular weight excluding hydrogens is 315 g/mol. The molecule has 2 rings (SSSR count). The van der Waals surface area contributed by atoms with Gasteiger partial charge in [-0.2, -0.15) is 0 Å². The first-order chi connectivity index (χ1) is 10.7. The van der Waals surface area contributed by atoms with Crippen molar-refractivity contribution < 1.29 is 13.9 Å². The van der Waals surface area contributed by atoms with Crippen molar-refractivity contribution in [3.05, 3.63) is 46.4 Å². The third kappa shape index (κ3) is 5.25. The van der Waals surface area contributed by atoms with Crippen molar-refractivity contribution in [2.45, 2.75) is 39.3 Å². The highest BCUT2D eigenvalue weighted by molar-refractivity contribution is 7.10. The Hall–Kier alpha value is -2.08. The van der Waals surface area contributed by atoms with E-state index in [0.717, 1.165) is 4.88 Å². The maximum atomic E-state index is 14.0. The van der Waals surface area contributed by atoms with Gasteiger partial charge in [-0.15, -0.1) is 11.3 Å². The highest BCUT2D eigenvalue weighted by atomic mass is 32.1. The molecular formula is C17H21FN2O2S. The Balaban J connectivity index is 2.08. The van der Waals surface area contributed by atoms with Gasteiger partial charge in [0.25, 0.3) is 0 Å². The molecule has 0 spiro atoms. The van der Waals surface area contributed by atoms with Gasteiger partial charge >= 0.3 is 6.09 Å². The second-order valence-electron chi connectivity index (χ2n) is 6.20. The molecule has 1 unspecified atom stereocenters. The Morgan fingerprint density at radius 1 is 1.30 bits per heavy atom. The lowest BCUT2D eigenvalue weighted by Gasteiger charge is -2.20. The minimum atomic E-state index is -0.584. The van der Waals surface area contributed by atoms with Gasteiger partial charge in [0.05, 0.1) is 11.7 Å². The van der Waals surface area contributed by atoms with Gasteiger partial charge in [-0.3, -0.25) is 5.32 Å². The van der Waals surface area contributed by atoms with Crippen molar-refractivity contribution in [1.29, 1.82) is 0 Å². The number of benzene rings is 1. The van der Waals surface area contributed by atoms with Gasteiger partial charge in [0.1, 0.15) is 11.4 Å². The van der Waals surface area contributed by atoms with Gasteiger partial charge < -0.3 is 10.1 Å². The van der Waals surface area contributed by atoms with Gasteiger partial charge in [-0.25, -0.2) is 9.18 Å². The number of anilines is 2. The largest absolute Gasteiger partial charge is 0.444 e. The second-order valence-corrected chi connectivity index (χ2v) is 7.18. The van der Waals surface area contributed by atoms with Gasteiger partial charge in [0, 0.05) is 10.6 Å². The molecule has 1 heterocycles. The van der Waals surface area contributed by atoms with Gasteiger partial charge in [0.15, 0.2) is 0 Å². The number of ether oxygens (including phenoxy) is 1. The van der Waals surface area contributed by atoms with E-state index in [1.807, 2.05) is 24.4 Å². The highest BCUT2D eigenvalue weighted by Crippen LogP contribution is 2.27. The first-order valence-electron chi connectivity index (χ1n) is 7.34. The van der Waals surface area contributed by atoms with Crippen molar-refractivity contribution in [2.24, 2.45) is 0 Å². The quantitative estimate of drug-likeness (QED) is 0.785. The highest BCUT2D eigenvalue weighted by Gasteiger charge is 2.17. The van der Waals surface area contributed by atoms with Gasteiger partial charge in [-0.1, -0.05) is 6.07 Å². The normalized spacial score (nSPS) is 12.6. The van der Waals surface area contributed by atoms with Crippen LogP contribution in [0.15, 0.2) is 35.7 Å². The van der Waals surface area contributed by atoms with Crippen molar-refractivity contribution in [3.8, 4) is 0 Å². The molecule has 2 N–H and O–H groups in total. The molecule has 1 aromatic carbocycles. The molecule has 0 saturated carbocycles. The zero-order valence-corrected chi connectivity index (χ0v) is 14.5. The summed E-state index contributed by atoms with van der Waals surface area (Å²) in [5, 5.41) is 7.70. The van der Waals surface area contributed by atoms with E-state index in [1.165, 1.54) is 12.1 Å². The summed E-state index contributed by atoms with van der Waals surface area (Å²) in [5.41, 5.74) is 0.222. The van der Waals surface area contributed by atoms with Crippen LogP contribution in [0, 0.1) is 5.82 Å². The van der Waals surface area contributed by atoms with Crippen molar-refractivity contribution in [1.82, 2.24) is 0 Å². The maximum absolute atomic E-state index is 14.0. The van der Waals surface area contributed by atoms with Crippen LogP contribution >= 0.6 is 11.3 Å². The number of amides is 1. The molecule has 0 radical (unpaired) electrons. The first kappa shape index (κ1) is 17.3. The fourth-order valence-electron chi connectivity index (χ4n) is 1.98. The Morgan fingerprint density at radius 3 is 2.65 bits per heavy atom. The van der Waals surface area contributed by atoms with E-state index in [-0.39, 0.29) is 11.9 Å². The standard InChI is InChI=1S/C17H21FN2O2S/c1-11(15-6-5-9-23-15)19-14-10-12(7-8-13(14)18)20-16(21)22-17(2,3)4/h5-11,19H,1-4H3,(H,20,21). The van der Waals surface area contributed by atoms with E-state index in [1.54, 1.807) is 38.2 Å². The Labute approximate surface area is 139 Å². The average molecular weight is 336 g/mol. The van der Waals surface area contributed by atoms with E-state index >= 15 is 0 Å². The predicted octanol–water partition coefficient (Wildman–Crippen LogP) is 5.41. The van der Waals surface area contributed by atoms with E-state index < -0.39 is 11.7 Å². The van der Waals surface area contributed by atoms with E-state index in [0.29, 0.717) is 11.4 Å². The second kappa shape index (κ2) is 7.00. The SMILES string of the molecule is CC(Nc1cc(NC(=O)OC(C)(C)C)ccc1F)c1cccs1. The molecule has 124 valence electrons. The van der Waals surface area contributed by atoms with E-state index in [2.05, 4.69) is 10.6 Å². The zero-order valence-electron chi connectivity index (χ0n) is 13.6. The van der Waals surface area contributed by atoms with E-state index in [4.69, 9.17) is 4.74 Å². The monoisotopic (exact) mass is 336 g/mol. The van der Waals surface area contributed by atoms with Crippen LogP contribution in [0.1, 0.15) is 38.6 Å². The number of carbonyl (C=O) groups excluding carboxylic acids is 1. The summed E-state index contributed by atoms with van der Waals surface area (Å²) in [6.07, 6.45) is -0.568. The third-order valence-corrected chi connectivity index (χ3v) is 4.01. The Bertz CT molecular complexity index is 666. The predicted molar refractivity (Wildman–Crippen MR) is 92.6 cm³/mol. The molecule has 1 atom stereocenters. The Morgan fingerprint density at radius 2 is 2.04 bits per heavy atom. The van der Waals surface area contributed by atoms with Crippen LogP contribution in [0.5, 0.6) is 0 Å². The van der Waals surface area contributed by atoms with Crippen LogP contribution in [0.2, 0.25) is 0 Å². The topological polar surface area (TPSA) is 50.4 Å². The fourth-order valence-corrected chi connectivity index (χ4v) is 2.71. The molecule has 2 aromatic rings. The van der Waals surface area contributed by atoms with Crippen molar-refractivity contribution in [3.63, 3.8) is 0 Å². The number of thiophene rings is 1. The van der Waals surface area contributed by atoms with Crippen LogP contribution < -0.4 is 10.6 Å². The maximum Gasteiger partial charge on any atom is 0.412 e. The lowest BCUT2D eigenvalue weighted by molar-refractivity contribution is 0.0636. The molecule has 1 aromatic heterocycles. The molecule has 0 bridgehead atoms. The summed E-state index contributed by atoms with van der Waals surface area (Å²) in [4.78, 5) is 12.9.